The van der Waals surface area contributed by atoms with Crippen molar-refractivity contribution in [2.24, 2.45) is 5.92 Å². The molecule has 1 fully saturated rings. The molecule has 0 atom stereocenters. The summed E-state index contributed by atoms with van der Waals surface area (Å²) in [7, 11) is 0. The minimum Gasteiger partial charge on any atom is -0.339 e. The summed E-state index contributed by atoms with van der Waals surface area (Å²) in [5.74, 6) is 0.346. The van der Waals surface area contributed by atoms with E-state index in [1.54, 1.807) is 6.07 Å². The van der Waals surface area contributed by atoms with Crippen molar-refractivity contribution in [2.45, 2.75) is 19.3 Å². The molecule has 24 heavy (non-hydrogen) atoms. The molecule has 3 rings (SSSR count). The van der Waals surface area contributed by atoms with Crippen molar-refractivity contribution in [3.63, 3.8) is 0 Å². The lowest BCUT2D eigenvalue weighted by atomic mass is 9.90. The van der Waals surface area contributed by atoms with Gasteiger partial charge in [-0.05, 0) is 83.7 Å². The Morgan fingerprint density at radius 1 is 1.17 bits per heavy atom. The monoisotopic (exact) mass is 457 g/mol. The van der Waals surface area contributed by atoms with Gasteiger partial charge in [-0.2, -0.15) is 0 Å². The molecular formula is C19H18ClFINO. The Morgan fingerprint density at radius 3 is 2.50 bits per heavy atom. The number of carbonyl (C=O) groups is 1. The summed E-state index contributed by atoms with van der Waals surface area (Å²) in [5, 5.41) is 0.508. The standard InChI is InChI=1S/C19H18ClFINO/c20-18-6-5-16(22)12-17(18)19(24)23-9-7-14(8-10-23)11-13-1-3-15(21)4-2-13/h1-6,12,14H,7-11H2. The van der Waals surface area contributed by atoms with Crippen LogP contribution in [0.1, 0.15) is 28.8 Å². The van der Waals surface area contributed by atoms with Gasteiger partial charge in [-0.3, -0.25) is 4.79 Å². The Kier molecular flexibility index (Phi) is 5.76. The molecule has 2 nitrogen and oxygen atoms in total. The fraction of sp³-hybridized carbons (Fsp3) is 0.316. The first-order valence-electron chi connectivity index (χ1n) is 8.01. The molecule has 1 aliphatic heterocycles. The van der Waals surface area contributed by atoms with Crippen LogP contribution in [0.3, 0.4) is 0 Å². The van der Waals surface area contributed by atoms with E-state index in [0.29, 0.717) is 16.5 Å². The van der Waals surface area contributed by atoms with Crippen LogP contribution in [0.4, 0.5) is 4.39 Å². The predicted molar refractivity (Wildman–Crippen MR) is 103 cm³/mol. The Balaban J connectivity index is 1.59. The number of amides is 1. The zero-order chi connectivity index (χ0) is 17.1. The summed E-state index contributed by atoms with van der Waals surface area (Å²) in [6, 6.07) is 12.2. The van der Waals surface area contributed by atoms with Crippen molar-refractivity contribution in [2.75, 3.05) is 13.1 Å². The smallest absolute Gasteiger partial charge is 0.255 e. The first-order valence-corrected chi connectivity index (χ1v) is 9.47. The molecule has 2 aromatic carbocycles. The van der Waals surface area contributed by atoms with Crippen LogP contribution in [0, 0.1) is 15.3 Å². The molecule has 1 heterocycles. The van der Waals surface area contributed by atoms with Gasteiger partial charge in [0.1, 0.15) is 5.82 Å². The third-order valence-electron chi connectivity index (χ3n) is 4.50. The van der Waals surface area contributed by atoms with Gasteiger partial charge in [-0.15, -0.1) is 0 Å². The Hall–Kier alpha value is -1.14. The van der Waals surface area contributed by atoms with E-state index < -0.39 is 0 Å². The summed E-state index contributed by atoms with van der Waals surface area (Å²) < 4.78 is 14.0. The van der Waals surface area contributed by atoms with Crippen molar-refractivity contribution in [3.05, 3.63) is 68.0 Å². The normalized spacial score (nSPS) is 15.5. The fourth-order valence-corrected chi connectivity index (χ4v) is 3.82. The number of piperidine rings is 1. The first kappa shape index (κ1) is 17.7. The predicted octanol–water partition coefficient (Wildman–Crippen LogP) is 5.18. The number of carbonyl (C=O) groups excluding carboxylic acids is 1. The molecule has 5 heteroatoms. The maximum absolute atomic E-state index is 13.0. The molecule has 0 radical (unpaired) electrons. The topological polar surface area (TPSA) is 20.3 Å². The van der Waals surface area contributed by atoms with Gasteiger partial charge in [0.05, 0.1) is 10.6 Å². The van der Waals surface area contributed by atoms with Crippen LogP contribution < -0.4 is 0 Å². The van der Waals surface area contributed by atoms with Crippen LogP contribution in [0.2, 0.25) is 5.02 Å². The molecule has 2 aromatic rings. The number of rotatable bonds is 3. The maximum Gasteiger partial charge on any atom is 0.255 e. The van der Waals surface area contributed by atoms with Gasteiger partial charge in [0, 0.05) is 16.7 Å². The number of likely N-dealkylation sites (tertiary alicyclic amines) is 1. The summed E-state index contributed by atoms with van der Waals surface area (Å²) in [4.78, 5) is 14.6. The molecule has 0 spiro atoms. The highest BCUT2D eigenvalue weighted by Crippen LogP contribution is 2.25. The highest BCUT2D eigenvalue weighted by Gasteiger charge is 2.25. The molecule has 126 valence electrons. The van der Waals surface area contributed by atoms with E-state index >= 15 is 0 Å². The Morgan fingerprint density at radius 2 is 1.83 bits per heavy atom. The second-order valence-corrected chi connectivity index (χ2v) is 7.84. The number of hydrogen-bond donors (Lipinski definition) is 0. The second kappa shape index (κ2) is 7.83. The van der Waals surface area contributed by atoms with Gasteiger partial charge < -0.3 is 4.90 Å². The molecule has 0 aromatic heterocycles. The molecular weight excluding hydrogens is 440 g/mol. The summed E-state index contributed by atoms with van der Waals surface area (Å²) in [6.45, 7) is 1.49. The van der Waals surface area contributed by atoms with Crippen molar-refractivity contribution in [3.8, 4) is 0 Å². The van der Waals surface area contributed by atoms with Crippen LogP contribution in [0.25, 0.3) is 0 Å². The zero-order valence-corrected chi connectivity index (χ0v) is 16.1. The third kappa shape index (κ3) is 4.28. The molecule has 0 bridgehead atoms. The van der Waals surface area contributed by atoms with Crippen LogP contribution in [-0.2, 0) is 6.42 Å². The lowest BCUT2D eigenvalue weighted by Crippen LogP contribution is -2.39. The van der Waals surface area contributed by atoms with E-state index in [2.05, 4.69) is 22.6 Å². The summed E-state index contributed by atoms with van der Waals surface area (Å²) >= 11 is 8.37. The van der Waals surface area contributed by atoms with Crippen LogP contribution >= 0.6 is 34.2 Å². The molecule has 0 saturated carbocycles. The zero-order valence-electron chi connectivity index (χ0n) is 13.1. The molecule has 0 unspecified atom stereocenters. The highest BCUT2D eigenvalue weighted by molar-refractivity contribution is 14.1. The van der Waals surface area contributed by atoms with Crippen molar-refractivity contribution in [1.82, 2.24) is 4.90 Å². The first-order chi connectivity index (χ1) is 11.5. The van der Waals surface area contributed by atoms with Gasteiger partial charge in [-0.25, -0.2) is 4.39 Å². The van der Waals surface area contributed by atoms with E-state index in [1.165, 1.54) is 12.1 Å². The highest BCUT2D eigenvalue weighted by atomic mass is 127. The largest absolute Gasteiger partial charge is 0.339 e. The Bertz CT molecular complexity index is 727. The van der Waals surface area contributed by atoms with Crippen LogP contribution in [0.15, 0.2) is 42.5 Å². The van der Waals surface area contributed by atoms with Gasteiger partial charge in [0.2, 0.25) is 0 Å². The van der Waals surface area contributed by atoms with E-state index in [1.807, 2.05) is 29.2 Å². The minimum absolute atomic E-state index is 0.0127. The molecule has 1 amide bonds. The number of benzene rings is 2. The van der Waals surface area contributed by atoms with Gasteiger partial charge >= 0.3 is 0 Å². The third-order valence-corrected chi connectivity index (χ3v) is 5.50. The van der Waals surface area contributed by atoms with Crippen molar-refractivity contribution >= 4 is 40.1 Å². The van der Waals surface area contributed by atoms with E-state index in [-0.39, 0.29) is 11.7 Å². The second-order valence-electron chi connectivity index (χ2n) is 6.19. The lowest BCUT2D eigenvalue weighted by Gasteiger charge is -2.32. The van der Waals surface area contributed by atoms with Gasteiger partial charge in [0.15, 0.2) is 0 Å². The SMILES string of the molecule is O=C(c1cc(I)ccc1Cl)N1CCC(Cc2ccc(F)cc2)CC1. The average Bonchev–Trinajstić information content (AvgIpc) is 2.59. The molecule has 1 aliphatic rings. The fourth-order valence-electron chi connectivity index (χ4n) is 3.13. The van der Waals surface area contributed by atoms with Crippen molar-refractivity contribution < 1.29 is 9.18 Å². The van der Waals surface area contributed by atoms with E-state index in [0.717, 1.165) is 41.5 Å². The lowest BCUT2D eigenvalue weighted by molar-refractivity contribution is 0.0690. The maximum atomic E-state index is 13.0. The summed E-state index contributed by atoms with van der Waals surface area (Å²) in [6.07, 6.45) is 2.86. The molecule has 0 aliphatic carbocycles. The number of halogens is 3. The van der Waals surface area contributed by atoms with E-state index in [4.69, 9.17) is 11.6 Å². The number of nitrogens with zero attached hydrogens (tertiary/aromatic N) is 1. The molecule has 0 N–H and O–H groups in total. The van der Waals surface area contributed by atoms with Gasteiger partial charge in [0.25, 0.3) is 5.91 Å². The van der Waals surface area contributed by atoms with Crippen molar-refractivity contribution in [1.29, 1.82) is 0 Å². The Labute approximate surface area is 160 Å². The molecule has 1 saturated heterocycles. The number of hydrogen-bond acceptors (Lipinski definition) is 1. The van der Waals surface area contributed by atoms with Crippen LogP contribution in [0.5, 0.6) is 0 Å². The quantitative estimate of drug-likeness (QED) is 0.582. The minimum atomic E-state index is -0.200. The van der Waals surface area contributed by atoms with E-state index in [9.17, 15) is 9.18 Å². The van der Waals surface area contributed by atoms with Crippen LogP contribution in [-0.4, -0.2) is 23.9 Å². The van der Waals surface area contributed by atoms with Gasteiger partial charge in [-0.1, -0.05) is 23.7 Å². The average molecular weight is 458 g/mol. The summed E-state index contributed by atoms with van der Waals surface area (Å²) in [5.41, 5.74) is 1.74.